The summed E-state index contributed by atoms with van der Waals surface area (Å²) in [5.41, 5.74) is 12.9. The molecular weight excluding hydrogens is 468 g/mol. The van der Waals surface area contributed by atoms with Crippen LogP contribution in [0.15, 0.2) is 47.0 Å². The summed E-state index contributed by atoms with van der Waals surface area (Å²) in [7, 11) is 0. The van der Waals surface area contributed by atoms with Gasteiger partial charge >= 0.3 is 0 Å². The van der Waals surface area contributed by atoms with Crippen molar-refractivity contribution in [3.05, 3.63) is 63.9 Å². The van der Waals surface area contributed by atoms with Crippen molar-refractivity contribution in [2.45, 2.75) is 51.5 Å². The second kappa shape index (κ2) is 7.04. The van der Waals surface area contributed by atoms with Crippen molar-refractivity contribution in [3.63, 3.8) is 0 Å². The average molecular weight is 497 g/mol. The second-order valence-corrected chi connectivity index (χ2v) is 10.6. The Hall–Kier alpha value is -2.41. The average Bonchev–Trinajstić information content (AvgIpc) is 3.28. The maximum atomic E-state index is 13.5. The number of aryl methyl sites for hydroxylation is 3. The van der Waals surface area contributed by atoms with Crippen LogP contribution >= 0.6 is 15.9 Å². The molecule has 6 nitrogen and oxygen atoms in total. The number of nitrogens with two attached hydrogens (primary N) is 2. The summed E-state index contributed by atoms with van der Waals surface area (Å²) < 4.78 is 2.86. The number of hydrogen-bond acceptors (Lipinski definition) is 3. The fraction of sp³-hybridized carbons (Fsp3) is 0.480. The van der Waals surface area contributed by atoms with Crippen LogP contribution in [0.1, 0.15) is 43.1 Å². The van der Waals surface area contributed by atoms with E-state index in [1.54, 1.807) is 0 Å². The van der Waals surface area contributed by atoms with Crippen LogP contribution in [0.3, 0.4) is 0 Å². The lowest BCUT2D eigenvalue weighted by Gasteiger charge is -2.48. The Labute approximate surface area is 196 Å². The van der Waals surface area contributed by atoms with Crippen molar-refractivity contribution in [2.75, 3.05) is 0 Å². The number of benzene rings is 1. The highest BCUT2D eigenvalue weighted by molar-refractivity contribution is 9.10. The number of amides is 2. The van der Waals surface area contributed by atoms with Gasteiger partial charge in [-0.3, -0.25) is 14.3 Å². The number of allylic oxidation sites excluding steroid dienone is 2. The fourth-order valence-corrected chi connectivity index (χ4v) is 7.42. The maximum Gasteiger partial charge on any atom is 0.229 e. The fourth-order valence-electron chi connectivity index (χ4n) is 7.15. The van der Waals surface area contributed by atoms with Crippen LogP contribution in [-0.2, 0) is 28.0 Å². The van der Waals surface area contributed by atoms with Gasteiger partial charge in [0, 0.05) is 22.6 Å². The predicted molar refractivity (Wildman–Crippen MR) is 125 cm³/mol. The third kappa shape index (κ3) is 2.49. The lowest BCUT2D eigenvalue weighted by atomic mass is 9.52. The van der Waals surface area contributed by atoms with Gasteiger partial charge in [0.15, 0.2) is 0 Å². The molecule has 2 bridgehead atoms. The molecule has 5 rings (SSSR count). The summed E-state index contributed by atoms with van der Waals surface area (Å²) in [6, 6.07) is 9.72. The molecule has 3 aliphatic rings. The Kier molecular flexibility index (Phi) is 4.72. The van der Waals surface area contributed by atoms with Crippen molar-refractivity contribution >= 4 is 27.7 Å². The van der Waals surface area contributed by atoms with Crippen molar-refractivity contribution in [3.8, 4) is 0 Å². The Morgan fingerprint density at radius 1 is 1.12 bits per heavy atom. The number of carbonyl (C=O) groups excluding carboxylic acids is 2. The van der Waals surface area contributed by atoms with E-state index in [2.05, 4.69) is 41.1 Å². The van der Waals surface area contributed by atoms with E-state index < -0.39 is 22.6 Å². The van der Waals surface area contributed by atoms with Crippen LogP contribution in [0.2, 0.25) is 0 Å². The zero-order chi connectivity index (χ0) is 22.9. The van der Waals surface area contributed by atoms with E-state index in [0.717, 1.165) is 40.8 Å². The molecule has 1 aromatic heterocycles. The summed E-state index contributed by atoms with van der Waals surface area (Å²) in [5, 5.41) is 4.69. The van der Waals surface area contributed by atoms with Crippen molar-refractivity contribution in [2.24, 2.45) is 34.1 Å². The minimum atomic E-state index is -1.17. The molecule has 0 unspecified atom stereocenters. The topological polar surface area (TPSA) is 104 Å². The van der Waals surface area contributed by atoms with Crippen LogP contribution in [0, 0.1) is 29.6 Å². The van der Waals surface area contributed by atoms with Gasteiger partial charge in [-0.1, -0.05) is 40.2 Å². The molecule has 3 aliphatic carbocycles. The first-order valence-electron chi connectivity index (χ1n) is 11.3. The minimum Gasteiger partial charge on any atom is -0.369 e. The first-order valence-corrected chi connectivity index (χ1v) is 12.1. The Balaban J connectivity index is 1.69. The molecule has 2 fully saturated rings. The molecule has 2 saturated carbocycles. The number of primary amides is 2. The van der Waals surface area contributed by atoms with E-state index in [0.29, 0.717) is 12.8 Å². The monoisotopic (exact) mass is 496 g/mol. The summed E-state index contributed by atoms with van der Waals surface area (Å²) >= 11 is 3.49. The molecule has 4 atom stereocenters. The molecule has 1 aromatic carbocycles. The molecule has 168 valence electrons. The molecule has 7 heteroatoms. The van der Waals surface area contributed by atoms with Gasteiger partial charge in [-0.25, -0.2) is 0 Å². The second-order valence-electron chi connectivity index (χ2n) is 9.68. The van der Waals surface area contributed by atoms with Gasteiger partial charge in [-0.05, 0) is 74.6 Å². The van der Waals surface area contributed by atoms with E-state index in [-0.39, 0.29) is 17.3 Å². The van der Waals surface area contributed by atoms with Gasteiger partial charge in [-0.2, -0.15) is 5.10 Å². The zero-order valence-corrected chi connectivity index (χ0v) is 20.1. The van der Waals surface area contributed by atoms with E-state index in [1.165, 1.54) is 0 Å². The minimum absolute atomic E-state index is 0.0944. The number of aromatic nitrogens is 2. The summed E-state index contributed by atoms with van der Waals surface area (Å²) in [6.45, 7) is 4.87. The molecule has 32 heavy (non-hydrogen) atoms. The Morgan fingerprint density at radius 3 is 2.31 bits per heavy atom. The summed E-state index contributed by atoms with van der Waals surface area (Å²) in [4.78, 5) is 27.0. The highest BCUT2D eigenvalue weighted by atomic mass is 79.9. The molecule has 2 aromatic rings. The standard InChI is InChI=1S/C25H29BrN4O2/c1-3-30-15(2)14-18(29-30)10-11-24(21(27)31)19-8-9-20(23(19)12-13-23)25(24,22(28)32)16-4-6-17(26)7-5-16/h4-9,14,19-20H,3,10-13H2,1-2H3,(H2,27,31)(H2,28,32)/t19-,20+,24+,25-/m1/s1. The highest BCUT2D eigenvalue weighted by Gasteiger charge is 2.82. The van der Waals surface area contributed by atoms with Crippen LogP contribution in [0.4, 0.5) is 0 Å². The Bertz CT molecular complexity index is 1130. The molecule has 0 saturated heterocycles. The molecule has 1 heterocycles. The third-order valence-corrected chi connectivity index (χ3v) is 9.03. The molecule has 1 spiro atoms. The maximum absolute atomic E-state index is 13.5. The highest BCUT2D eigenvalue weighted by Crippen LogP contribution is 2.80. The number of hydrogen-bond donors (Lipinski definition) is 2. The number of nitrogens with zero attached hydrogens (tertiary/aromatic N) is 2. The van der Waals surface area contributed by atoms with Gasteiger partial charge in [0.25, 0.3) is 0 Å². The van der Waals surface area contributed by atoms with E-state index in [1.807, 2.05) is 35.9 Å². The molecule has 0 radical (unpaired) electrons. The lowest BCUT2D eigenvalue weighted by Crippen LogP contribution is -2.62. The number of halogens is 1. The zero-order valence-electron chi connectivity index (χ0n) is 18.5. The quantitative estimate of drug-likeness (QED) is 0.573. The van der Waals surface area contributed by atoms with Crippen molar-refractivity contribution in [1.82, 2.24) is 9.78 Å². The van der Waals surface area contributed by atoms with Gasteiger partial charge < -0.3 is 11.5 Å². The van der Waals surface area contributed by atoms with Gasteiger partial charge in [0.2, 0.25) is 11.8 Å². The SMILES string of the molecule is CCn1nc(CC[C@@]2(C(N)=O)[C@@H]3C=C[C@@H](C34CC4)[C@@]2(C(N)=O)c2ccc(Br)cc2)cc1C. The lowest BCUT2D eigenvalue weighted by molar-refractivity contribution is -0.143. The largest absolute Gasteiger partial charge is 0.369 e. The Morgan fingerprint density at radius 2 is 1.78 bits per heavy atom. The van der Waals surface area contributed by atoms with Crippen LogP contribution in [-0.4, -0.2) is 21.6 Å². The van der Waals surface area contributed by atoms with Gasteiger partial charge in [-0.15, -0.1) is 0 Å². The molecular formula is C25H29BrN4O2. The predicted octanol–water partition coefficient (Wildman–Crippen LogP) is 3.40. The first kappa shape index (κ1) is 21.4. The third-order valence-electron chi connectivity index (χ3n) is 8.50. The number of rotatable bonds is 7. The van der Waals surface area contributed by atoms with Crippen LogP contribution < -0.4 is 11.5 Å². The molecule has 4 N–H and O–H groups in total. The van der Waals surface area contributed by atoms with Gasteiger partial charge in [0.1, 0.15) is 0 Å². The van der Waals surface area contributed by atoms with Crippen molar-refractivity contribution in [1.29, 1.82) is 0 Å². The summed E-state index contributed by atoms with van der Waals surface area (Å²) in [5.74, 6) is -1.12. The number of carbonyl (C=O) groups is 2. The first-order chi connectivity index (χ1) is 15.2. The van der Waals surface area contributed by atoms with Crippen LogP contribution in [0.25, 0.3) is 0 Å². The van der Waals surface area contributed by atoms with E-state index in [4.69, 9.17) is 16.6 Å². The normalized spacial score (nSPS) is 31.3. The van der Waals surface area contributed by atoms with Crippen LogP contribution in [0.5, 0.6) is 0 Å². The van der Waals surface area contributed by atoms with E-state index in [9.17, 15) is 9.59 Å². The molecule has 2 amide bonds. The van der Waals surface area contributed by atoms with E-state index >= 15 is 0 Å². The van der Waals surface area contributed by atoms with Crippen molar-refractivity contribution < 1.29 is 9.59 Å². The summed E-state index contributed by atoms with van der Waals surface area (Å²) in [6.07, 6.45) is 7.24. The molecule has 0 aliphatic heterocycles. The van der Waals surface area contributed by atoms with Gasteiger partial charge in [0.05, 0.1) is 16.5 Å². The smallest absolute Gasteiger partial charge is 0.229 e.